The van der Waals surface area contributed by atoms with Crippen LogP contribution in [0, 0.1) is 11.3 Å². The summed E-state index contributed by atoms with van der Waals surface area (Å²) in [7, 11) is 0. The summed E-state index contributed by atoms with van der Waals surface area (Å²) in [6.45, 7) is 6.23. The molecule has 0 atom stereocenters. The van der Waals surface area contributed by atoms with Crippen molar-refractivity contribution < 1.29 is 4.39 Å². The van der Waals surface area contributed by atoms with Crippen LogP contribution in [0.2, 0.25) is 0 Å². The van der Waals surface area contributed by atoms with Crippen molar-refractivity contribution in [3.8, 4) is 0 Å². The second-order valence-electron chi connectivity index (χ2n) is 5.06. The van der Waals surface area contributed by atoms with Gasteiger partial charge in [-0.25, -0.2) is 0 Å². The first kappa shape index (κ1) is 12.4. The predicted octanol–water partition coefficient (Wildman–Crippen LogP) is 3.74. The molecule has 0 heterocycles. The summed E-state index contributed by atoms with van der Waals surface area (Å²) >= 11 is 0.731. The zero-order chi connectivity index (χ0) is 10.8. The summed E-state index contributed by atoms with van der Waals surface area (Å²) in [5.41, 5.74) is 0.863. The second-order valence-corrected chi connectivity index (χ2v) is 6.36. The van der Waals surface area contributed by atoms with Crippen LogP contribution in [0.15, 0.2) is 21.1 Å². The summed E-state index contributed by atoms with van der Waals surface area (Å²) in [4.78, 5) is 0. The molecule has 0 bridgehead atoms. The Hall–Kier alpha value is 0.332. The van der Waals surface area contributed by atoms with Crippen molar-refractivity contribution in [3.63, 3.8) is 0 Å². The van der Waals surface area contributed by atoms with Crippen molar-refractivity contribution >= 4 is 25.8 Å². The van der Waals surface area contributed by atoms with Gasteiger partial charge in [-0.15, -0.1) is 0 Å². The van der Waals surface area contributed by atoms with E-state index in [1.54, 1.807) is 6.08 Å². The van der Waals surface area contributed by atoms with Crippen LogP contribution >= 0.6 is 0 Å². The van der Waals surface area contributed by atoms with Gasteiger partial charge in [0.25, 0.3) is 0 Å². The van der Waals surface area contributed by atoms with Gasteiger partial charge in [0.2, 0.25) is 0 Å². The van der Waals surface area contributed by atoms with E-state index in [-0.39, 0.29) is 11.2 Å². The Balaban J connectivity index is 2.63. The fourth-order valence-corrected chi connectivity index (χ4v) is 3.98. The van der Waals surface area contributed by atoms with E-state index in [1.807, 2.05) is 0 Å². The molecule has 0 aromatic heterocycles. The van der Waals surface area contributed by atoms with Crippen molar-refractivity contribution in [1.82, 2.24) is 0 Å². The van der Waals surface area contributed by atoms with Crippen LogP contribution < -0.4 is 0 Å². The molecule has 2 heteroatoms. The normalized spacial score (nSPS) is 19.9. The molecule has 1 fully saturated rings. The number of hydrogen-bond donors (Lipinski definition) is 0. The van der Waals surface area contributed by atoms with Gasteiger partial charge in [0, 0.05) is 0 Å². The Kier molecular flexibility index (Phi) is 4.34. The summed E-state index contributed by atoms with van der Waals surface area (Å²) in [6, 6.07) is 0. The Morgan fingerprint density at radius 2 is 2.00 bits per heavy atom. The van der Waals surface area contributed by atoms with Crippen LogP contribution in [0.25, 0.3) is 0 Å². The van der Waals surface area contributed by atoms with Gasteiger partial charge in [0.15, 0.2) is 0 Å². The van der Waals surface area contributed by atoms with Crippen LogP contribution in [-0.4, -0.2) is 25.8 Å². The van der Waals surface area contributed by atoms with Crippen molar-refractivity contribution in [2.24, 2.45) is 11.3 Å². The summed E-state index contributed by atoms with van der Waals surface area (Å²) < 4.78 is 15.8. The van der Waals surface area contributed by atoms with Crippen LogP contribution in [0.5, 0.6) is 0 Å². The van der Waals surface area contributed by atoms with Gasteiger partial charge >= 0.3 is 103 Å². The molecule has 0 saturated heterocycles. The zero-order valence-corrected chi connectivity index (χ0v) is 13.8. The Labute approximate surface area is 102 Å². The molecular weight excluding hydrogens is 368 g/mol. The monoisotopic (exact) mass is 386 g/mol. The number of halogens is 1. The van der Waals surface area contributed by atoms with Gasteiger partial charge in [0.05, 0.1) is 0 Å². The molecule has 0 N–H and O–H groups in total. The summed E-state index contributed by atoms with van der Waals surface area (Å²) in [5.74, 6) is 0.797. The second kappa shape index (κ2) is 4.90. The van der Waals surface area contributed by atoms with Crippen molar-refractivity contribution in [3.05, 3.63) is 21.1 Å². The molecule has 0 radical (unpaired) electrons. The van der Waals surface area contributed by atoms with E-state index in [0.717, 1.165) is 43.7 Å². The SMILES string of the molecule is CC(C)(C)C(=[CH]/[Tl])/C(F)=C\CC1CC1. The molecule has 1 aliphatic carbocycles. The molecule has 76 valence electrons. The third-order valence-corrected chi connectivity index (χ3v) is 3.86. The van der Waals surface area contributed by atoms with E-state index in [0.29, 0.717) is 0 Å². The minimum atomic E-state index is -0.0428. The standard InChI is InChI=1S/C12H18F.Tl/c1-9(12(2,3)4)11(13)8-7-10-5-6-10;/h1,8,10H,5-7H2,2-4H3;/b9-1?,11-8+;. The van der Waals surface area contributed by atoms with Gasteiger partial charge in [-0.05, 0) is 0 Å². The van der Waals surface area contributed by atoms with Crippen molar-refractivity contribution in [1.29, 1.82) is 0 Å². The maximum absolute atomic E-state index is 13.8. The Bertz CT molecular complexity index is 254. The molecule has 1 rings (SSSR count). The average Bonchev–Trinajstić information content (AvgIpc) is 2.82. The first-order chi connectivity index (χ1) is 6.45. The van der Waals surface area contributed by atoms with Gasteiger partial charge in [0.1, 0.15) is 0 Å². The first-order valence-electron chi connectivity index (χ1n) is 5.23. The van der Waals surface area contributed by atoms with Crippen molar-refractivity contribution in [2.45, 2.75) is 40.0 Å². The predicted molar refractivity (Wildman–Crippen MR) is 59.8 cm³/mol. The summed E-state index contributed by atoms with van der Waals surface area (Å²) in [6.07, 6.45) is 5.31. The Morgan fingerprint density at radius 1 is 1.43 bits per heavy atom. The number of hydrogen-bond acceptors (Lipinski definition) is 0. The van der Waals surface area contributed by atoms with Gasteiger partial charge in [-0.2, -0.15) is 0 Å². The fraction of sp³-hybridized carbons (Fsp3) is 0.667. The first-order valence-corrected chi connectivity index (χ1v) is 7.82. The van der Waals surface area contributed by atoms with Crippen LogP contribution in [0.4, 0.5) is 4.39 Å². The number of allylic oxidation sites excluding steroid dienone is 3. The van der Waals surface area contributed by atoms with E-state index in [2.05, 4.69) is 24.4 Å². The maximum atomic E-state index is 13.8. The van der Waals surface area contributed by atoms with Crippen molar-refractivity contribution in [2.75, 3.05) is 0 Å². The van der Waals surface area contributed by atoms with E-state index < -0.39 is 0 Å². The van der Waals surface area contributed by atoms with Crippen LogP contribution in [-0.2, 0) is 0 Å². The van der Waals surface area contributed by atoms with Crippen LogP contribution in [0.1, 0.15) is 40.0 Å². The van der Waals surface area contributed by atoms with E-state index in [9.17, 15) is 4.39 Å². The molecule has 0 spiro atoms. The zero-order valence-electron chi connectivity index (χ0n) is 9.31. The molecule has 0 aliphatic heterocycles. The summed E-state index contributed by atoms with van der Waals surface area (Å²) in [5, 5.41) is 0. The third-order valence-electron chi connectivity index (χ3n) is 2.56. The van der Waals surface area contributed by atoms with Gasteiger partial charge in [-0.3, -0.25) is 0 Å². The molecule has 14 heavy (non-hydrogen) atoms. The third kappa shape index (κ3) is 3.83. The molecule has 0 nitrogen and oxygen atoms in total. The van der Waals surface area contributed by atoms with E-state index in [4.69, 9.17) is 0 Å². The molecule has 0 aromatic carbocycles. The molecule has 1 saturated carbocycles. The van der Waals surface area contributed by atoms with E-state index >= 15 is 0 Å². The number of rotatable bonds is 3. The molecule has 0 aromatic rings. The molecule has 0 unspecified atom stereocenters. The Morgan fingerprint density at radius 3 is 2.36 bits per heavy atom. The fourth-order valence-electron chi connectivity index (χ4n) is 1.42. The molecule has 1 aliphatic rings. The quantitative estimate of drug-likeness (QED) is 0.513. The average molecular weight is 386 g/mol. The molecule has 0 amide bonds. The van der Waals surface area contributed by atoms with Gasteiger partial charge < -0.3 is 0 Å². The van der Waals surface area contributed by atoms with Crippen LogP contribution in [0.3, 0.4) is 0 Å². The van der Waals surface area contributed by atoms with E-state index in [1.165, 1.54) is 12.8 Å². The van der Waals surface area contributed by atoms with Gasteiger partial charge in [-0.1, -0.05) is 0 Å². The molecular formula is C12H18FTl. The topological polar surface area (TPSA) is 0 Å². The minimum absolute atomic E-state index is 0.0203.